The Labute approximate surface area is 152 Å². The van der Waals surface area contributed by atoms with Crippen molar-refractivity contribution in [3.63, 3.8) is 0 Å². The summed E-state index contributed by atoms with van der Waals surface area (Å²) in [6.45, 7) is 4.84. The lowest BCUT2D eigenvalue weighted by molar-refractivity contribution is 0.0929. The molecule has 7 nitrogen and oxygen atoms in total. The first-order valence-corrected chi connectivity index (χ1v) is 9.35. The van der Waals surface area contributed by atoms with E-state index < -0.39 is 0 Å². The van der Waals surface area contributed by atoms with Crippen molar-refractivity contribution in [3.8, 4) is 11.3 Å². The van der Waals surface area contributed by atoms with Gasteiger partial charge in [0.2, 0.25) is 0 Å². The van der Waals surface area contributed by atoms with Crippen LogP contribution >= 0.6 is 0 Å². The van der Waals surface area contributed by atoms with Gasteiger partial charge in [-0.05, 0) is 32.8 Å². The van der Waals surface area contributed by atoms with Crippen molar-refractivity contribution in [2.45, 2.75) is 58.5 Å². The van der Waals surface area contributed by atoms with Gasteiger partial charge in [-0.15, -0.1) is 0 Å². The lowest BCUT2D eigenvalue weighted by Gasteiger charge is -2.22. The monoisotopic (exact) mass is 352 g/mol. The van der Waals surface area contributed by atoms with Crippen LogP contribution in [0.1, 0.15) is 55.1 Å². The van der Waals surface area contributed by atoms with Gasteiger partial charge in [-0.25, -0.2) is 9.50 Å². The van der Waals surface area contributed by atoms with E-state index in [2.05, 4.69) is 27.4 Å². The van der Waals surface area contributed by atoms with E-state index in [1.165, 1.54) is 19.3 Å². The number of carbonyl (C=O) groups excluding carboxylic acids is 1. The molecule has 1 saturated carbocycles. The molecule has 0 aliphatic heterocycles. The summed E-state index contributed by atoms with van der Waals surface area (Å²) in [7, 11) is 0. The van der Waals surface area contributed by atoms with Crippen LogP contribution in [-0.2, 0) is 6.54 Å². The van der Waals surface area contributed by atoms with E-state index in [-0.39, 0.29) is 11.9 Å². The summed E-state index contributed by atoms with van der Waals surface area (Å²) in [4.78, 5) is 17.1. The molecule has 3 heterocycles. The Kier molecular flexibility index (Phi) is 4.44. The highest BCUT2D eigenvalue weighted by Crippen LogP contribution is 2.24. The van der Waals surface area contributed by atoms with Gasteiger partial charge >= 0.3 is 0 Å². The Balaban J connectivity index is 1.68. The fourth-order valence-corrected chi connectivity index (χ4v) is 3.70. The quantitative estimate of drug-likeness (QED) is 0.783. The molecule has 4 rings (SSSR count). The van der Waals surface area contributed by atoms with Crippen molar-refractivity contribution in [2.24, 2.45) is 0 Å². The molecule has 1 aliphatic rings. The molecule has 136 valence electrons. The number of nitrogens with one attached hydrogen (secondary N) is 1. The molecule has 1 amide bonds. The first-order chi connectivity index (χ1) is 12.7. The predicted molar refractivity (Wildman–Crippen MR) is 99.0 cm³/mol. The van der Waals surface area contributed by atoms with Crippen LogP contribution in [0.5, 0.6) is 0 Å². The van der Waals surface area contributed by atoms with Crippen LogP contribution in [0.3, 0.4) is 0 Å². The number of fused-ring (bicyclic) bond motifs is 1. The number of nitrogens with zero attached hydrogens (tertiary/aromatic N) is 5. The van der Waals surface area contributed by atoms with Crippen LogP contribution < -0.4 is 5.32 Å². The molecule has 3 aromatic heterocycles. The molecule has 0 spiro atoms. The molecular weight excluding hydrogens is 328 g/mol. The van der Waals surface area contributed by atoms with E-state index in [0.717, 1.165) is 36.3 Å². The normalized spacial score (nSPS) is 15.5. The van der Waals surface area contributed by atoms with Crippen LogP contribution in [-0.4, -0.2) is 36.3 Å². The van der Waals surface area contributed by atoms with Crippen LogP contribution in [0.15, 0.2) is 24.7 Å². The van der Waals surface area contributed by atoms with Gasteiger partial charge in [-0.3, -0.25) is 9.48 Å². The van der Waals surface area contributed by atoms with Crippen molar-refractivity contribution < 1.29 is 4.79 Å². The lowest BCUT2D eigenvalue weighted by atomic mass is 9.95. The minimum absolute atomic E-state index is 0.0856. The molecule has 3 aromatic rings. The molecule has 0 saturated heterocycles. The van der Waals surface area contributed by atoms with E-state index >= 15 is 0 Å². The SMILES string of the molecule is CCn1cc(-c2ccnc3c(C(=O)NC4CCCCC4)cnn23)c(C)n1. The zero-order valence-electron chi connectivity index (χ0n) is 15.3. The third-order valence-electron chi connectivity index (χ3n) is 5.13. The molecule has 0 unspecified atom stereocenters. The molecule has 0 aromatic carbocycles. The summed E-state index contributed by atoms with van der Waals surface area (Å²) in [6.07, 6.45) is 11.1. The van der Waals surface area contributed by atoms with E-state index in [1.54, 1.807) is 16.9 Å². The lowest BCUT2D eigenvalue weighted by Crippen LogP contribution is -2.36. The highest BCUT2D eigenvalue weighted by molar-refractivity contribution is 6.00. The second kappa shape index (κ2) is 6.90. The molecule has 1 aliphatic carbocycles. The third-order valence-corrected chi connectivity index (χ3v) is 5.13. The minimum atomic E-state index is -0.0856. The van der Waals surface area contributed by atoms with Crippen molar-refractivity contribution in [1.29, 1.82) is 0 Å². The van der Waals surface area contributed by atoms with E-state index in [9.17, 15) is 4.79 Å². The fraction of sp³-hybridized carbons (Fsp3) is 0.474. The molecule has 0 atom stereocenters. The molecule has 1 fully saturated rings. The summed E-state index contributed by atoms with van der Waals surface area (Å²) in [5.74, 6) is -0.0856. The van der Waals surface area contributed by atoms with E-state index in [1.807, 2.05) is 23.9 Å². The largest absolute Gasteiger partial charge is 0.349 e. The Morgan fingerprint density at radius 2 is 2.12 bits per heavy atom. The summed E-state index contributed by atoms with van der Waals surface area (Å²) >= 11 is 0. The van der Waals surface area contributed by atoms with Crippen LogP contribution in [0.25, 0.3) is 16.9 Å². The first kappa shape index (κ1) is 16.8. The number of carbonyl (C=O) groups is 1. The predicted octanol–water partition coefficient (Wildman–Crippen LogP) is 2.98. The highest BCUT2D eigenvalue weighted by Gasteiger charge is 2.21. The maximum absolute atomic E-state index is 12.7. The Bertz CT molecular complexity index is 935. The number of hydrogen-bond acceptors (Lipinski definition) is 4. The van der Waals surface area contributed by atoms with Gasteiger partial charge in [0.25, 0.3) is 5.91 Å². The number of aromatic nitrogens is 5. The Hall–Kier alpha value is -2.70. The van der Waals surface area contributed by atoms with Gasteiger partial charge < -0.3 is 5.32 Å². The van der Waals surface area contributed by atoms with E-state index in [0.29, 0.717) is 11.2 Å². The summed E-state index contributed by atoms with van der Waals surface area (Å²) in [5, 5.41) is 12.1. The van der Waals surface area contributed by atoms with Crippen LogP contribution in [0.2, 0.25) is 0 Å². The second-order valence-corrected chi connectivity index (χ2v) is 6.92. The van der Waals surface area contributed by atoms with Gasteiger partial charge in [-0.2, -0.15) is 10.2 Å². The van der Waals surface area contributed by atoms with Gasteiger partial charge in [0.1, 0.15) is 5.56 Å². The van der Waals surface area contributed by atoms with Gasteiger partial charge in [0.15, 0.2) is 5.65 Å². The third kappa shape index (κ3) is 2.98. The average Bonchev–Trinajstić information content (AvgIpc) is 3.25. The van der Waals surface area contributed by atoms with Gasteiger partial charge in [0.05, 0.1) is 17.6 Å². The summed E-state index contributed by atoms with van der Waals surface area (Å²) in [5.41, 5.74) is 3.94. The van der Waals surface area contributed by atoms with Crippen molar-refractivity contribution in [1.82, 2.24) is 29.7 Å². The zero-order chi connectivity index (χ0) is 18.1. The number of rotatable bonds is 4. The summed E-state index contributed by atoms with van der Waals surface area (Å²) in [6, 6.07) is 2.17. The Morgan fingerprint density at radius 1 is 1.31 bits per heavy atom. The maximum Gasteiger partial charge on any atom is 0.256 e. The number of aryl methyl sites for hydroxylation is 2. The molecule has 0 radical (unpaired) electrons. The van der Waals surface area contributed by atoms with Crippen molar-refractivity contribution in [3.05, 3.63) is 35.9 Å². The molecule has 0 bridgehead atoms. The smallest absolute Gasteiger partial charge is 0.256 e. The molecule has 1 N–H and O–H groups in total. The highest BCUT2D eigenvalue weighted by atomic mass is 16.1. The standard InChI is InChI=1S/C19H24N6O/c1-3-24-12-16(13(2)23-24)17-9-10-20-18-15(11-21-25(17)18)19(26)22-14-7-5-4-6-8-14/h9-12,14H,3-8H2,1-2H3,(H,22,26). The van der Waals surface area contributed by atoms with Crippen LogP contribution in [0, 0.1) is 6.92 Å². The number of hydrogen-bond donors (Lipinski definition) is 1. The maximum atomic E-state index is 12.7. The molecular formula is C19H24N6O. The molecule has 26 heavy (non-hydrogen) atoms. The van der Waals surface area contributed by atoms with Crippen molar-refractivity contribution in [2.75, 3.05) is 0 Å². The topological polar surface area (TPSA) is 77.1 Å². The zero-order valence-corrected chi connectivity index (χ0v) is 15.3. The van der Waals surface area contributed by atoms with E-state index in [4.69, 9.17) is 0 Å². The molecule has 7 heteroatoms. The van der Waals surface area contributed by atoms with Crippen molar-refractivity contribution >= 4 is 11.6 Å². The number of amides is 1. The van der Waals surface area contributed by atoms with Gasteiger partial charge in [0, 0.05) is 30.5 Å². The second-order valence-electron chi connectivity index (χ2n) is 6.92. The Morgan fingerprint density at radius 3 is 2.85 bits per heavy atom. The fourth-order valence-electron chi connectivity index (χ4n) is 3.70. The summed E-state index contributed by atoms with van der Waals surface area (Å²) < 4.78 is 3.64. The van der Waals surface area contributed by atoms with Gasteiger partial charge in [-0.1, -0.05) is 19.3 Å². The minimum Gasteiger partial charge on any atom is -0.349 e. The first-order valence-electron chi connectivity index (χ1n) is 9.35. The van der Waals surface area contributed by atoms with Crippen LogP contribution in [0.4, 0.5) is 0 Å². The average molecular weight is 352 g/mol.